The molecule has 1 aromatic heterocycles. The fraction of sp³-hybridized carbons (Fsp3) is 0.267. The molecule has 0 spiro atoms. The van der Waals surface area contributed by atoms with Gasteiger partial charge >= 0.3 is 5.97 Å². The Morgan fingerprint density at radius 2 is 1.95 bits per heavy atom. The van der Waals surface area contributed by atoms with E-state index in [0.717, 1.165) is 5.39 Å². The van der Waals surface area contributed by atoms with Crippen molar-refractivity contribution >= 4 is 28.6 Å². The van der Waals surface area contributed by atoms with Crippen molar-refractivity contribution in [3.05, 3.63) is 35.9 Å². The summed E-state index contributed by atoms with van der Waals surface area (Å²) in [6.07, 6.45) is 0. The zero-order valence-corrected chi connectivity index (χ0v) is 11.8. The molecule has 1 heterocycles. The average molecular weight is 287 g/mol. The number of fused-ring (bicyclic) bond motifs is 1. The first kappa shape index (κ1) is 14.8. The molecule has 110 valence electrons. The van der Waals surface area contributed by atoms with Gasteiger partial charge in [-0.1, -0.05) is 32.0 Å². The van der Waals surface area contributed by atoms with Gasteiger partial charge in [0.2, 0.25) is 0 Å². The third kappa shape index (κ3) is 3.10. The molecule has 0 saturated heterocycles. The summed E-state index contributed by atoms with van der Waals surface area (Å²) in [5, 5.41) is 12.8. The van der Waals surface area contributed by atoms with Crippen LogP contribution >= 0.6 is 0 Å². The average Bonchev–Trinajstić information content (AvgIpc) is 2.42. The van der Waals surface area contributed by atoms with Gasteiger partial charge in [-0.3, -0.25) is 4.79 Å². The number of benzene rings is 1. The third-order valence-electron chi connectivity index (χ3n) is 3.21. The lowest BCUT2D eigenvalue weighted by Gasteiger charge is -2.20. The number of nitrogens with two attached hydrogens (primary N) is 1. The van der Waals surface area contributed by atoms with Crippen molar-refractivity contribution in [1.29, 1.82) is 0 Å². The van der Waals surface area contributed by atoms with Crippen LogP contribution in [-0.4, -0.2) is 28.0 Å². The van der Waals surface area contributed by atoms with Crippen LogP contribution in [0.2, 0.25) is 0 Å². The first-order chi connectivity index (χ1) is 9.90. The van der Waals surface area contributed by atoms with Crippen LogP contribution in [0.15, 0.2) is 30.3 Å². The van der Waals surface area contributed by atoms with E-state index in [1.807, 2.05) is 18.2 Å². The Bertz CT molecular complexity index is 698. The van der Waals surface area contributed by atoms with E-state index in [1.54, 1.807) is 26.0 Å². The highest BCUT2D eigenvalue weighted by atomic mass is 16.4. The van der Waals surface area contributed by atoms with Crippen molar-refractivity contribution < 1.29 is 14.7 Å². The molecular weight excluding hydrogens is 270 g/mol. The molecule has 1 amide bonds. The highest BCUT2D eigenvalue weighted by molar-refractivity contribution is 6.01. The zero-order valence-electron chi connectivity index (χ0n) is 11.8. The number of hydrogen-bond acceptors (Lipinski definition) is 4. The molecule has 0 bridgehead atoms. The van der Waals surface area contributed by atoms with E-state index in [1.165, 1.54) is 0 Å². The summed E-state index contributed by atoms with van der Waals surface area (Å²) in [4.78, 5) is 27.2. The maximum Gasteiger partial charge on any atom is 0.326 e. The summed E-state index contributed by atoms with van der Waals surface area (Å²) < 4.78 is 0. The maximum atomic E-state index is 11.6. The number of nitrogens with one attached hydrogen (secondary N) is 1. The van der Waals surface area contributed by atoms with Crippen LogP contribution in [-0.2, 0) is 4.79 Å². The molecule has 1 atom stereocenters. The smallest absolute Gasteiger partial charge is 0.326 e. The molecule has 0 radical (unpaired) electrons. The van der Waals surface area contributed by atoms with Gasteiger partial charge in [-0.15, -0.1) is 0 Å². The summed E-state index contributed by atoms with van der Waals surface area (Å²) in [5.74, 6) is -1.63. The molecule has 21 heavy (non-hydrogen) atoms. The second kappa shape index (κ2) is 5.78. The van der Waals surface area contributed by atoms with Gasteiger partial charge in [0, 0.05) is 5.39 Å². The Morgan fingerprint density at radius 1 is 1.29 bits per heavy atom. The molecule has 4 N–H and O–H groups in total. The number of para-hydroxylation sites is 1. The number of carbonyl (C=O) groups excluding carboxylic acids is 1. The predicted octanol–water partition coefficient (Wildman–Crippen LogP) is 1.85. The van der Waals surface area contributed by atoms with E-state index < -0.39 is 17.9 Å². The van der Waals surface area contributed by atoms with Crippen molar-refractivity contribution in [2.75, 3.05) is 5.32 Å². The van der Waals surface area contributed by atoms with E-state index in [4.69, 9.17) is 5.73 Å². The number of carboxylic acid groups (broad SMARTS) is 1. The van der Waals surface area contributed by atoms with Crippen molar-refractivity contribution in [2.45, 2.75) is 19.9 Å². The minimum absolute atomic E-state index is 0.170. The summed E-state index contributed by atoms with van der Waals surface area (Å²) in [6, 6.07) is 8.02. The number of amides is 1. The fourth-order valence-electron chi connectivity index (χ4n) is 2.07. The van der Waals surface area contributed by atoms with Crippen molar-refractivity contribution in [2.24, 2.45) is 11.7 Å². The standard InChI is InChI=1S/C15H17N3O3/c1-8(2)12(15(20)21)18-14-10(13(16)19)7-9-5-3-4-6-11(9)17-14/h3-8,12H,1-2H3,(H2,16,19)(H,17,18)(H,20,21). The number of nitrogens with zero attached hydrogens (tertiary/aromatic N) is 1. The number of pyridine rings is 1. The molecule has 0 aliphatic rings. The minimum Gasteiger partial charge on any atom is -0.480 e. The molecule has 0 aliphatic heterocycles. The molecule has 0 saturated carbocycles. The van der Waals surface area contributed by atoms with E-state index in [0.29, 0.717) is 5.52 Å². The molecule has 6 heteroatoms. The Hall–Kier alpha value is -2.63. The van der Waals surface area contributed by atoms with Crippen LogP contribution in [0.3, 0.4) is 0 Å². The second-order valence-electron chi connectivity index (χ2n) is 5.15. The Kier molecular flexibility index (Phi) is 4.07. The molecule has 1 aromatic carbocycles. The topological polar surface area (TPSA) is 105 Å². The van der Waals surface area contributed by atoms with Crippen molar-refractivity contribution in [3.8, 4) is 0 Å². The highest BCUT2D eigenvalue weighted by Gasteiger charge is 2.24. The summed E-state index contributed by atoms with van der Waals surface area (Å²) in [6.45, 7) is 3.55. The van der Waals surface area contributed by atoms with Gasteiger partial charge in [0.25, 0.3) is 5.91 Å². The first-order valence-electron chi connectivity index (χ1n) is 6.59. The number of aliphatic carboxylic acids is 1. The van der Waals surface area contributed by atoms with Crippen LogP contribution in [0.4, 0.5) is 5.82 Å². The number of aromatic nitrogens is 1. The Balaban J connectivity index is 2.52. The van der Waals surface area contributed by atoms with Crippen molar-refractivity contribution in [1.82, 2.24) is 4.98 Å². The monoisotopic (exact) mass is 287 g/mol. The van der Waals surface area contributed by atoms with Gasteiger partial charge in [0.1, 0.15) is 11.9 Å². The summed E-state index contributed by atoms with van der Waals surface area (Å²) in [7, 11) is 0. The molecule has 1 unspecified atom stereocenters. The van der Waals surface area contributed by atoms with Gasteiger partial charge in [-0.25, -0.2) is 9.78 Å². The lowest BCUT2D eigenvalue weighted by Crippen LogP contribution is -2.35. The number of anilines is 1. The lowest BCUT2D eigenvalue weighted by atomic mass is 10.0. The summed E-state index contributed by atoms with van der Waals surface area (Å²) >= 11 is 0. The lowest BCUT2D eigenvalue weighted by molar-refractivity contribution is -0.138. The van der Waals surface area contributed by atoms with E-state index in [2.05, 4.69) is 10.3 Å². The number of carbonyl (C=O) groups is 2. The van der Waals surface area contributed by atoms with Gasteiger partial charge in [0.15, 0.2) is 0 Å². The molecule has 2 aromatic rings. The van der Waals surface area contributed by atoms with E-state index in [9.17, 15) is 14.7 Å². The Labute approximate surface area is 122 Å². The fourth-order valence-corrected chi connectivity index (χ4v) is 2.07. The predicted molar refractivity (Wildman–Crippen MR) is 80.1 cm³/mol. The van der Waals surface area contributed by atoms with Crippen LogP contribution in [0, 0.1) is 5.92 Å². The summed E-state index contributed by atoms with van der Waals surface area (Å²) in [5.41, 5.74) is 6.21. The molecule has 2 rings (SSSR count). The molecule has 0 fully saturated rings. The van der Waals surface area contributed by atoms with E-state index >= 15 is 0 Å². The second-order valence-corrected chi connectivity index (χ2v) is 5.15. The van der Waals surface area contributed by atoms with Crippen molar-refractivity contribution in [3.63, 3.8) is 0 Å². The third-order valence-corrected chi connectivity index (χ3v) is 3.21. The number of rotatable bonds is 5. The van der Waals surface area contributed by atoms with Gasteiger partial charge in [-0.05, 0) is 18.1 Å². The largest absolute Gasteiger partial charge is 0.480 e. The first-order valence-corrected chi connectivity index (χ1v) is 6.59. The minimum atomic E-state index is -1.00. The van der Waals surface area contributed by atoms with Gasteiger partial charge < -0.3 is 16.2 Å². The van der Waals surface area contributed by atoms with Gasteiger partial charge in [0.05, 0.1) is 11.1 Å². The maximum absolute atomic E-state index is 11.6. The highest BCUT2D eigenvalue weighted by Crippen LogP contribution is 2.22. The quantitative estimate of drug-likeness (QED) is 0.778. The van der Waals surface area contributed by atoms with E-state index in [-0.39, 0.29) is 17.3 Å². The van der Waals surface area contributed by atoms with Crippen LogP contribution < -0.4 is 11.1 Å². The SMILES string of the molecule is CC(C)C(Nc1nc2ccccc2cc1C(N)=O)C(=O)O. The normalized spacial score (nSPS) is 12.3. The van der Waals surface area contributed by atoms with Crippen LogP contribution in [0.25, 0.3) is 10.9 Å². The molecule has 6 nitrogen and oxygen atoms in total. The molecular formula is C15H17N3O3. The zero-order chi connectivity index (χ0) is 15.6. The van der Waals surface area contributed by atoms with Crippen LogP contribution in [0.5, 0.6) is 0 Å². The van der Waals surface area contributed by atoms with Crippen LogP contribution in [0.1, 0.15) is 24.2 Å². The number of hydrogen-bond donors (Lipinski definition) is 3. The van der Waals surface area contributed by atoms with Gasteiger partial charge in [-0.2, -0.15) is 0 Å². The Morgan fingerprint density at radius 3 is 2.52 bits per heavy atom. The molecule has 0 aliphatic carbocycles. The number of carboxylic acids is 1. The number of primary amides is 1.